The van der Waals surface area contributed by atoms with Crippen molar-refractivity contribution in [1.82, 2.24) is 24.5 Å². The molecule has 7 nitrogen and oxygen atoms in total. The van der Waals surface area contributed by atoms with Crippen molar-refractivity contribution in [3.05, 3.63) is 54.9 Å². The van der Waals surface area contributed by atoms with Gasteiger partial charge in [0, 0.05) is 6.20 Å². The molecule has 0 radical (unpaired) electrons. The van der Waals surface area contributed by atoms with E-state index in [1.807, 2.05) is 35.1 Å². The van der Waals surface area contributed by atoms with Crippen molar-refractivity contribution in [3.8, 4) is 5.69 Å². The fourth-order valence-corrected chi connectivity index (χ4v) is 2.62. The minimum absolute atomic E-state index is 0.243. The van der Waals surface area contributed by atoms with Gasteiger partial charge in [-0.3, -0.25) is 9.48 Å². The second-order valence-electron chi connectivity index (χ2n) is 5.46. The zero-order valence-corrected chi connectivity index (χ0v) is 13.8. The van der Waals surface area contributed by atoms with Crippen molar-refractivity contribution in [1.29, 1.82) is 0 Å². The van der Waals surface area contributed by atoms with Gasteiger partial charge >= 0.3 is 0 Å². The monoisotopic (exact) mass is 324 g/mol. The molecule has 1 N–H and O–H groups in total. The molecular formula is C17H20N6O. The number of carbonyl (C=O) groups is 1. The van der Waals surface area contributed by atoms with Crippen LogP contribution in [0.5, 0.6) is 0 Å². The molecule has 0 atom stereocenters. The number of nitrogens with zero attached hydrogens (tertiary/aromatic N) is 5. The van der Waals surface area contributed by atoms with Crippen LogP contribution in [0.1, 0.15) is 43.2 Å². The number of benzene rings is 1. The van der Waals surface area contributed by atoms with Gasteiger partial charge in [-0.05, 0) is 31.0 Å². The van der Waals surface area contributed by atoms with Crippen LogP contribution in [0.15, 0.2) is 49.2 Å². The van der Waals surface area contributed by atoms with Crippen molar-refractivity contribution in [3.63, 3.8) is 0 Å². The Morgan fingerprint density at radius 2 is 2.00 bits per heavy atom. The topological polar surface area (TPSA) is 77.6 Å². The van der Waals surface area contributed by atoms with Crippen LogP contribution in [0.4, 0.5) is 5.69 Å². The highest BCUT2D eigenvalue weighted by Gasteiger charge is 2.15. The Morgan fingerprint density at radius 1 is 1.21 bits per heavy atom. The molecule has 0 saturated carbocycles. The second-order valence-corrected chi connectivity index (χ2v) is 5.46. The number of aromatic nitrogens is 5. The predicted molar refractivity (Wildman–Crippen MR) is 91.2 cm³/mol. The van der Waals surface area contributed by atoms with Gasteiger partial charge in [-0.15, -0.1) is 0 Å². The fourth-order valence-electron chi connectivity index (χ4n) is 2.62. The van der Waals surface area contributed by atoms with Gasteiger partial charge in [-0.1, -0.05) is 26.0 Å². The summed E-state index contributed by atoms with van der Waals surface area (Å²) in [5.74, 6) is -0.243. The lowest BCUT2D eigenvalue weighted by atomic mass is 10.2. The Labute approximate surface area is 140 Å². The Balaban J connectivity index is 1.81. The van der Waals surface area contributed by atoms with Gasteiger partial charge in [0.25, 0.3) is 5.91 Å². The maximum Gasteiger partial charge on any atom is 0.276 e. The molecule has 0 unspecified atom stereocenters. The van der Waals surface area contributed by atoms with Gasteiger partial charge in [-0.2, -0.15) is 10.2 Å². The first-order chi connectivity index (χ1) is 11.7. The first-order valence-corrected chi connectivity index (χ1v) is 8.03. The molecule has 3 rings (SSSR count). The summed E-state index contributed by atoms with van der Waals surface area (Å²) in [6, 6.07) is 9.49. The summed E-state index contributed by atoms with van der Waals surface area (Å²) < 4.78 is 3.47. The summed E-state index contributed by atoms with van der Waals surface area (Å²) in [5, 5.41) is 11.4. The highest BCUT2D eigenvalue weighted by atomic mass is 16.2. The van der Waals surface area contributed by atoms with Gasteiger partial charge in [0.15, 0.2) is 5.69 Å². The van der Waals surface area contributed by atoms with Crippen LogP contribution in [0.2, 0.25) is 0 Å². The third-order valence-corrected chi connectivity index (χ3v) is 3.98. The predicted octanol–water partition coefficient (Wildman–Crippen LogP) is 3.08. The van der Waals surface area contributed by atoms with E-state index in [1.165, 1.54) is 6.33 Å². The van der Waals surface area contributed by atoms with E-state index in [1.54, 1.807) is 17.1 Å². The average molecular weight is 324 g/mol. The van der Waals surface area contributed by atoms with Crippen LogP contribution in [-0.2, 0) is 0 Å². The van der Waals surface area contributed by atoms with Gasteiger partial charge in [0.2, 0.25) is 0 Å². The Hall–Kier alpha value is -2.96. The molecule has 1 amide bonds. The van der Waals surface area contributed by atoms with Crippen LogP contribution < -0.4 is 5.32 Å². The number of carbonyl (C=O) groups excluding carboxylic acids is 1. The molecule has 0 saturated heterocycles. The Kier molecular flexibility index (Phi) is 4.69. The molecule has 7 heteroatoms. The summed E-state index contributed by atoms with van der Waals surface area (Å²) in [6.07, 6.45) is 6.86. The first-order valence-electron chi connectivity index (χ1n) is 8.03. The molecule has 0 spiro atoms. The van der Waals surface area contributed by atoms with Crippen LogP contribution in [-0.4, -0.2) is 30.5 Å². The standard InChI is InChI=1S/C17H20N6O/c1-3-13(4-2)22-10-9-15(21-22)17(24)20-14-7-5-6-8-16(14)23-12-18-11-19-23/h5-13H,3-4H2,1-2H3,(H,20,24). The maximum atomic E-state index is 12.5. The molecule has 2 heterocycles. The number of nitrogens with one attached hydrogen (secondary N) is 1. The van der Waals surface area contributed by atoms with Crippen LogP contribution in [0, 0.1) is 0 Å². The van der Waals surface area contributed by atoms with Crippen LogP contribution >= 0.6 is 0 Å². The van der Waals surface area contributed by atoms with Crippen LogP contribution in [0.3, 0.4) is 0 Å². The first kappa shape index (κ1) is 15.9. The second kappa shape index (κ2) is 7.08. The van der Waals surface area contributed by atoms with Crippen molar-refractivity contribution in [2.45, 2.75) is 32.7 Å². The molecule has 0 aliphatic carbocycles. The molecule has 124 valence electrons. The van der Waals surface area contributed by atoms with Crippen molar-refractivity contribution in [2.75, 3.05) is 5.32 Å². The quantitative estimate of drug-likeness (QED) is 0.756. The van der Waals surface area contributed by atoms with E-state index in [0.717, 1.165) is 18.5 Å². The summed E-state index contributed by atoms with van der Waals surface area (Å²) in [4.78, 5) is 16.5. The van der Waals surface area contributed by atoms with Crippen LogP contribution in [0.25, 0.3) is 5.69 Å². The molecule has 0 bridgehead atoms. The lowest BCUT2D eigenvalue weighted by Gasteiger charge is -2.12. The van der Waals surface area contributed by atoms with E-state index in [-0.39, 0.29) is 5.91 Å². The van der Waals surface area contributed by atoms with Gasteiger partial charge in [0.05, 0.1) is 17.4 Å². The molecule has 0 aliphatic rings. The molecule has 24 heavy (non-hydrogen) atoms. The van der Waals surface area contributed by atoms with Gasteiger partial charge in [0.1, 0.15) is 12.7 Å². The van der Waals surface area contributed by atoms with E-state index in [9.17, 15) is 4.79 Å². The zero-order valence-electron chi connectivity index (χ0n) is 13.8. The summed E-state index contributed by atoms with van der Waals surface area (Å²) >= 11 is 0. The maximum absolute atomic E-state index is 12.5. The van der Waals surface area contributed by atoms with E-state index in [0.29, 0.717) is 17.4 Å². The highest BCUT2D eigenvalue weighted by Crippen LogP contribution is 2.20. The Bertz CT molecular complexity index is 804. The van der Waals surface area contributed by atoms with Gasteiger partial charge in [-0.25, -0.2) is 9.67 Å². The average Bonchev–Trinajstić information content (AvgIpc) is 3.28. The largest absolute Gasteiger partial charge is 0.319 e. The van der Waals surface area contributed by atoms with Crippen molar-refractivity contribution in [2.24, 2.45) is 0 Å². The normalized spacial score (nSPS) is 11.0. The van der Waals surface area contributed by atoms with Crippen molar-refractivity contribution >= 4 is 11.6 Å². The lowest BCUT2D eigenvalue weighted by Crippen LogP contribution is -2.16. The highest BCUT2D eigenvalue weighted by molar-refractivity contribution is 6.03. The summed E-state index contributed by atoms with van der Waals surface area (Å²) in [6.45, 7) is 4.23. The number of anilines is 1. The molecule has 3 aromatic rings. The van der Waals surface area contributed by atoms with E-state index in [4.69, 9.17) is 0 Å². The number of hydrogen-bond acceptors (Lipinski definition) is 4. The number of amides is 1. The summed E-state index contributed by atoms with van der Waals surface area (Å²) in [5.41, 5.74) is 1.81. The third kappa shape index (κ3) is 3.19. The minimum Gasteiger partial charge on any atom is -0.319 e. The molecule has 1 aromatic carbocycles. The SMILES string of the molecule is CCC(CC)n1ccc(C(=O)Nc2ccccc2-n2cncn2)n1. The molecule has 0 aliphatic heterocycles. The van der Waals surface area contributed by atoms with E-state index in [2.05, 4.69) is 34.3 Å². The number of hydrogen-bond donors (Lipinski definition) is 1. The molecule has 2 aromatic heterocycles. The Morgan fingerprint density at radius 3 is 2.71 bits per heavy atom. The summed E-state index contributed by atoms with van der Waals surface area (Å²) in [7, 11) is 0. The van der Waals surface area contributed by atoms with E-state index < -0.39 is 0 Å². The smallest absolute Gasteiger partial charge is 0.276 e. The molecular weight excluding hydrogens is 304 g/mol. The number of rotatable bonds is 6. The number of para-hydroxylation sites is 2. The molecule has 0 fully saturated rings. The lowest BCUT2D eigenvalue weighted by molar-refractivity contribution is 0.102. The van der Waals surface area contributed by atoms with Gasteiger partial charge < -0.3 is 5.32 Å². The zero-order chi connectivity index (χ0) is 16.9. The fraction of sp³-hybridized carbons (Fsp3) is 0.294. The van der Waals surface area contributed by atoms with E-state index >= 15 is 0 Å². The minimum atomic E-state index is -0.243. The van der Waals surface area contributed by atoms with Crippen molar-refractivity contribution < 1.29 is 4.79 Å². The third-order valence-electron chi connectivity index (χ3n) is 3.98.